The van der Waals surface area contributed by atoms with Gasteiger partial charge in [-0.2, -0.15) is 0 Å². The second kappa shape index (κ2) is 3.20. The average molecular weight is 180 g/mol. The zero-order chi connectivity index (χ0) is 9.26. The van der Waals surface area contributed by atoms with Crippen LogP contribution in [0.1, 0.15) is 31.0 Å². The highest BCUT2D eigenvalue weighted by atomic mass is 16.4. The van der Waals surface area contributed by atoms with Crippen LogP contribution in [-0.2, 0) is 11.2 Å². The van der Waals surface area contributed by atoms with Crippen LogP contribution in [0.5, 0.6) is 0 Å². The Balaban J connectivity index is 2.04. The van der Waals surface area contributed by atoms with E-state index in [1.54, 1.807) is 6.33 Å². The van der Waals surface area contributed by atoms with Crippen molar-refractivity contribution >= 4 is 5.97 Å². The summed E-state index contributed by atoms with van der Waals surface area (Å²) >= 11 is 0. The number of aliphatic carboxylic acids is 1. The minimum absolute atomic E-state index is 0.0275. The monoisotopic (exact) mass is 180 g/mol. The van der Waals surface area contributed by atoms with Crippen molar-refractivity contribution in [2.45, 2.75) is 31.7 Å². The Morgan fingerprint density at radius 3 is 3.00 bits per heavy atom. The highest BCUT2D eigenvalue weighted by Gasteiger charge is 2.19. The molecule has 1 heterocycles. The molecular formula is C9H12N2O2. The van der Waals surface area contributed by atoms with E-state index >= 15 is 0 Å². The summed E-state index contributed by atoms with van der Waals surface area (Å²) < 4.78 is 2.03. The maximum absolute atomic E-state index is 10.4. The minimum atomic E-state index is -0.821. The SMILES string of the molecule is O=C(O)Cc1cn(C2CCC2)cn1. The van der Waals surface area contributed by atoms with Gasteiger partial charge >= 0.3 is 5.97 Å². The summed E-state index contributed by atoms with van der Waals surface area (Å²) in [6.07, 6.45) is 7.28. The Hall–Kier alpha value is -1.32. The lowest BCUT2D eigenvalue weighted by Gasteiger charge is -2.26. The Morgan fingerprint density at radius 1 is 1.69 bits per heavy atom. The van der Waals surface area contributed by atoms with E-state index in [4.69, 9.17) is 5.11 Å². The fourth-order valence-electron chi connectivity index (χ4n) is 1.51. The highest BCUT2D eigenvalue weighted by molar-refractivity contribution is 5.69. The van der Waals surface area contributed by atoms with E-state index in [9.17, 15) is 4.79 Å². The van der Waals surface area contributed by atoms with Gasteiger partial charge in [0.15, 0.2) is 0 Å². The van der Waals surface area contributed by atoms with Gasteiger partial charge in [-0.25, -0.2) is 4.98 Å². The van der Waals surface area contributed by atoms with Crippen LogP contribution in [0.15, 0.2) is 12.5 Å². The van der Waals surface area contributed by atoms with Crippen molar-refractivity contribution in [3.05, 3.63) is 18.2 Å². The third-order valence-electron chi connectivity index (χ3n) is 2.48. The molecular weight excluding hydrogens is 168 g/mol. The van der Waals surface area contributed by atoms with Gasteiger partial charge in [-0.15, -0.1) is 0 Å². The number of rotatable bonds is 3. The van der Waals surface area contributed by atoms with Gasteiger partial charge in [-0.05, 0) is 19.3 Å². The molecule has 0 aromatic carbocycles. The molecule has 0 bridgehead atoms. The molecule has 70 valence electrons. The molecule has 0 aliphatic heterocycles. The lowest BCUT2D eigenvalue weighted by molar-refractivity contribution is -0.136. The van der Waals surface area contributed by atoms with E-state index in [0.717, 1.165) is 0 Å². The molecule has 0 radical (unpaired) electrons. The van der Waals surface area contributed by atoms with E-state index in [2.05, 4.69) is 4.98 Å². The van der Waals surface area contributed by atoms with Crippen molar-refractivity contribution < 1.29 is 9.90 Å². The predicted molar refractivity (Wildman–Crippen MR) is 46.5 cm³/mol. The second-order valence-corrected chi connectivity index (χ2v) is 3.47. The molecule has 4 nitrogen and oxygen atoms in total. The molecule has 0 unspecified atom stereocenters. The molecule has 1 fully saturated rings. The Labute approximate surface area is 76.2 Å². The average Bonchev–Trinajstić information content (AvgIpc) is 2.31. The zero-order valence-electron chi connectivity index (χ0n) is 7.31. The fraction of sp³-hybridized carbons (Fsp3) is 0.556. The predicted octanol–water partition coefficient (Wildman–Crippen LogP) is 1.24. The van der Waals surface area contributed by atoms with E-state index in [0.29, 0.717) is 11.7 Å². The van der Waals surface area contributed by atoms with Crippen molar-refractivity contribution in [3.63, 3.8) is 0 Å². The number of hydrogen-bond acceptors (Lipinski definition) is 2. The molecule has 2 rings (SSSR count). The molecule has 1 N–H and O–H groups in total. The number of carboxylic acids is 1. The summed E-state index contributed by atoms with van der Waals surface area (Å²) in [6, 6.07) is 0.565. The van der Waals surface area contributed by atoms with Gasteiger partial charge in [-0.3, -0.25) is 4.79 Å². The maximum Gasteiger partial charge on any atom is 0.309 e. The first-order valence-electron chi connectivity index (χ1n) is 4.50. The largest absolute Gasteiger partial charge is 0.481 e. The molecule has 4 heteroatoms. The molecule has 1 aromatic heterocycles. The molecule has 1 aliphatic rings. The molecule has 0 atom stereocenters. The van der Waals surface area contributed by atoms with Gasteiger partial charge in [0.25, 0.3) is 0 Å². The summed E-state index contributed by atoms with van der Waals surface area (Å²) in [5.41, 5.74) is 0.652. The van der Waals surface area contributed by atoms with Crippen LogP contribution in [0.25, 0.3) is 0 Å². The normalized spacial score (nSPS) is 16.9. The molecule has 1 aromatic rings. The van der Waals surface area contributed by atoms with Crippen LogP contribution in [-0.4, -0.2) is 20.6 Å². The smallest absolute Gasteiger partial charge is 0.309 e. The van der Waals surface area contributed by atoms with E-state index in [-0.39, 0.29) is 6.42 Å². The molecule has 0 spiro atoms. The van der Waals surface area contributed by atoms with Crippen molar-refractivity contribution in [1.29, 1.82) is 0 Å². The van der Waals surface area contributed by atoms with Crippen molar-refractivity contribution in [2.24, 2.45) is 0 Å². The van der Waals surface area contributed by atoms with E-state index in [1.165, 1.54) is 19.3 Å². The summed E-state index contributed by atoms with van der Waals surface area (Å²) in [5, 5.41) is 8.54. The number of carbonyl (C=O) groups is 1. The van der Waals surface area contributed by atoms with Crippen molar-refractivity contribution in [2.75, 3.05) is 0 Å². The highest BCUT2D eigenvalue weighted by Crippen LogP contribution is 2.31. The Bertz CT molecular complexity index is 315. The number of imidazole rings is 1. The molecule has 1 saturated carbocycles. The molecule has 0 saturated heterocycles. The molecule has 13 heavy (non-hydrogen) atoms. The quantitative estimate of drug-likeness (QED) is 0.761. The van der Waals surface area contributed by atoms with Crippen LogP contribution in [0.2, 0.25) is 0 Å². The minimum Gasteiger partial charge on any atom is -0.481 e. The Morgan fingerprint density at radius 2 is 2.46 bits per heavy atom. The number of hydrogen-bond donors (Lipinski definition) is 1. The maximum atomic E-state index is 10.4. The summed E-state index contributed by atoms with van der Waals surface area (Å²) in [6.45, 7) is 0. The van der Waals surface area contributed by atoms with Gasteiger partial charge in [0.1, 0.15) is 0 Å². The molecule has 0 amide bonds. The molecule has 1 aliphatic carbocycles. The van der Waals surface area contributed by atoms with Gasteiger partial charge in [0.05, 0.1) is 18.4 Å². The first-order valence-corrected chi connectivity index (χ1v) is 4.50. The standard InChI is InChI=1S/C9H12N2O2/c12-9(13)4-7-5-11(6-10-7)8-2-1-3-8/h5-6,8H,1-4H2,(H,12,13). The van der Waals surface area contributed by atoms with Crippen molar-refractivity contribution in [1.82, 2.24) is 9.55 Å². The van der Waals surface area contributed by atoms with Gasteiger partial charge < -0.3 is 9.67 Å². The lowest BCUT2D eigenvalue weighted by atomic mass is 9.93. The van der Waals surface area contributed by atoms with Crippen LogP contribution in [0.3, 0.4) is 0 Å². The van der Waals surface area contributed by atoms with Gasteiger partial charge in [0, 0.05) is 12.2 Å². The third-order valence-corrected chi connectivity index (χ3v) is 2.48. The number of carboxylic acid groups (broad SMARTS) is 1. The summed E-state index contributed by atoms with van der Waals surface area (Å²) in [7, 11) is 0. The number of aromatic nitrogens is 2. The van der Waals surface area contributed by atoms with E-state index < -0.39 is 5.97 Å². The van der Waals surface area contributed by atoms with Gasteiger partial charge in [-0.1, -0.05) is 0 Å². The van der Waals surface area contributed by atoms with Crippen LogP contribution < -0.4 is 0 Å². The second-order valence-electron chi connectivity index (χ2n) is 3.47. The topological polar surface area (TPSA) is 55.1 Å². The van der Waals surface area contributed by atoms with Crippen LogP contribution in [0, 0.1) is 0 Å². The third kappa shape index (κ3) is 1.71. The van der Waals surface area contributed by atoms with Crippen molar-refractivity contribution in [3.8, 4) is 0 Å². The Kier molecular flexibility index (Phi) is 2.04. The number of nitrogens with zero attached hydrogens (tertiary/aromatic N) is 2. The van der Waals surface area contributed by atoms with Gasteiger partial charge in [0.2, 0.25) is 0 Å². The first-order chi connectivity index (χ1) is 6.25. The first kappa shape index (κ1) is 8.29. The van der Waals surface area contributed by atoms with Crippen LogP contribution in [0.4, 0.5) is 0 Å². The fourth-order valence-corrected chi connectivity index (χ4v) is 1.51. The lowest BCUT2D eigenvalue weighted by Crippen LogP contribution is -2.15. The zero-order valence-corrected chi connectivity index (χ0v) is 7.31. The van der Waals surface area contributed by atoms with Crippen LogP contribution >= 0.6 is 0 Å². The summed E-state index contributed by atoms with van der Waals surface area (Å²) in [5.74, 6) is -0.821. The van der Waals surface area contributed by atoms with E-state index in [1.807, 2.05) is 10.8 Å². The summed E-state index contributed by atoms with van der Waals surface area (Å²) in [4.78, 5) is 14.4.